The summed E-state index contributed by atoms with van der Waals surface area (Å²) >= 11 is 0. The second-order valence-corrected chi connectivity index (χ2v) is 15.3. The van der Waals surface area contributed by atoms with Gasteiger partial charge in [0.15, 0.2) is 17.4 Å². The van der Waals surface area contributed by atoms with Gasteiger partial charge >= 0.3 is 0 Å². The van der Waals surface area contributed by atoms with Crippen LogP contribution in [0, 0.1) is 17.1 Å². The maximum absolute atomic E-state index is 14.1. The average molecular weight is 759 g/mol. The minimum absolute atomic E-state index is 0.188. The Morgan fingerprint density at radius 1 is 1.07 bits per heavy atom. The Morgan fingerprint density at radius 2 is 1.91 bits per heavy atom. The van der Waals surface area contributed by atoms with Crippen LogP contribution in [-0.2, 0) is 22.7 Å². The smallest absolute Gasteiger partial charge is 0.255 e. The quantitative estimate of drug-likeness (QED) is 0.234. The number of rotatable bonds is 7. The summed E-state index contributed by atoms with van der Waals surface area (Å²) in [4.78, 5) is 50.3. The lowest BCUT2D eigenvalue weighted by Crippen LogP contribution is -2.52. The summed E-state index contributed by atoms with van der Waals surface area (Å²) < 4.78 is 20.5. The number of aromatic nitrogens is 3. The van der Waals surface area contributed by atoms with Crippen LogP contribution in [-0.4, -0.2) is 105 Å². The number of pyridine rings is 1. The highest BCUT2D eigenvalue weighted by Crippen LogP contribution is 2.44. The maximum Gasteiger partial charge on any atom is 0.255 e. The van der Waals surface area contributed by atoms with Gasteiger partial charge in [0, 0.05) is 93.3 Å². The number of piperazine rings is 1. The molecule has 3 fully saturated rings. The number of carbonyl (C=O) groups excluding carboxylic acids is 3. The lowest BCUT2D eigenvalue weighted by atomic mass is 9.95. The van der Waals surface area contributed by atoms with E-state index in [1.54, 1.807) is 29.3 Å². The summed E-state index contributed by atoms with van der Waals surface area (Å²) in [6, 6.07) is 15.4. The first kappa shape index (κ1) is 35.4. The number of nitrogens with one attached hydrogen (secondary N) is 2. The SMILES string of the molecule is C[C@]12CNc3nnc(-c4cccc(F)c4O)cc3N1C[C@H](Oc1cc(C#N)c(CN3CCN(c4ccc5c(c4)C(=O)N([C@H]4CCC(=O)NC4=O)C5)CC3)cn1)C2. The monoisotopic (exact) mass is 758 g/mol. The summed E-state index contributed by atoms with van der Waals surface area (Å²) in [5.74, 6) is -1.15. The number of piperidine rings is 1. The Morgan fingerprint density at radius 3 is 2.71 bits per heavy atom. The molecule has 56 heavy (non-hydrogen) atoms. The number of phenolic OH excluding ortho intramolecular Hbond substituents is 1. The molecule has 0 bridgehead atoms. The number of nitrogens with zero attached hydrogens (tertiary/aromatic N) is 8. The van der Waals surface area contributed by atoms with Crippen molar-refractivity contribution in [2.24, 2.45) is 0 Å². The fraction of sp³-hybridized carbons (Fsp3) is 0.375. The maximum atomic E-state index is 14.1. The molecule has 3 amide bonds. The summed E-state index contributed by atoms with van der Waals surface area (Å²) in [6.45, 7) is 7.10. The van der Waals surface area contributed by atoms with Crippen molar-refractivity contribution in [1.82, 2.24) is 30.3 Å². The van der Waals surface area contributed by atoms with E-state index >= 15 is 0 Å². The molecule has 3 N–H and O–H groups in total. The Kier molecular flexibility index (Phi) is 8.68. The molecule has 16 heteroatoms. The van der Waals surface area contributed by atoms with Crippen molar-refractivity contribution >= 4 is 34.9 Å². The first-order chi connectivity index (χ1) is 27.1. The van der Waals surface area contributed by atoms with Crippen molar-refractivity contribution in [2.45, 2.75) is 57.0 Å². The molecule has 0 radical (unpaired) electrons. The number of hydrogen-bond acceptors (Lipinski definition) is 13. The normalized spacial score (nSPS) is 23.2. The summed E-state index contributed by atoms with van der Waals surface area (Å²) in [5.41, 5.74) is 4.79. The molecule has 4 aromatic rings. The number of carbonyl (C=O) groups is 3. The number of aromatic hydroxyl groups is 1. The molecule has 2 aromatic heterocycles. The van der Waals surface area contributed by atoms with E-state index in [-0.39, 0.29) is 35.4 Å². The van der Waals surface area contributed by atoms with E-state index in [2.05, 4.69) is 53.5 Å². The molecular formula is C40H39FN10O5. The standard InChI is InChI=1S/C40H39FN10O5/c1-40-16-27(21-51(40)33-15-31(46-47-37(33)44-22-40)28-3-2-4-30(41)36(28)53)56-35-13-24(17-42)25(18-43-35)19-48-9-11-49(12-10-48)26-6-5-23-20-50(39(55)29(23)14-26)32-7-8-34(52)45-38(32)54/h2-6,13-15,18,27,32,53H,7-12,16,19-22H2,1H3,(H,44,47)(H,45,52,54)/t27-,32+,40+/m1/s1. The highest BCUT2D eigenvalue weighted by Gasteiger charge is 2.47. The summed E-state index contributed by atoms with van der Waals surface area (Å²) in [5, 5.41) is 34.7. The molecule has 5 aliphatic heterocycles. The highest BCUT2D eigenvalue weighted by molar-refractivity contribution is 6.05. The molecule has 0 spiro atoms. The van der Waals surface area contributed by atoms with Crippen LogP contribution in [0.4, 0.5) is 21.6 Å². The number of halogens is 1. The first-order valence-electron chi connectivity index (χ1n) is 18.7. The number of para-hydroxylation sites is 1. The fourth-order valence-corrected chi connectivity index (χ4v) is 8.64. The van der Waals surface area contributed by atoms with Crippen LogP contribution in [0.1, 0.15) is 53.2 Å². The van der Waals surface area contributed by atoms with E-state index in [1.807, 2.05) is 18.2 Å². The minimum atomic E-state index is -0.730. The van der Waals surface area contributed by atoms with Crippen LogP contribution < -0.4 is 25.2 Å². The number of benzene rings is 2. The second kappa shape index (κ2) is 13.7. The third-order valence-electron chi connectivity index (χ3n) is 11.7. The molecular weight excluding hydrogens is 720 g/mol. The molecule has 15 nitrogen and oxygen atoms in total. The molecule has 0 unspecified atom stereocenters. The van der Waals surface area contributed by atoms with Crippen LogP contribution in [0.25, 0.3) is 11.3 Å². The van der Waals surface area contributed by atoms with Gasteiger partial charge in [-0.25, -0.2) is 9.37 Å². The number of fused-ring (bicyclic) bond motifs is 4. The van der Waals surface area contributed by atoms with Gasteiger partial charge in [-0.1, -0.05) is 12.1 Å². The van der Waals surface area contributed by atoms with Gasteiger partial charge in [-0.15, -0.1) is 10.2 Å². The van der Waals surface area contributed by atoms with Crippen LogP contribution in [0.5, 0.6) is 11.6 Å². The van der Waals surface area contributed by atoms with Crippen molar-refractivity contribution in [3.8, 4) is 29.0 Å². The molecule has 2 aromatic carbocycles. The molecule has 5 aliphatic rings. The number of imide groups is 1. The van der Waals surface area contributed by atoms with Crippen molar-refractivity contribution in [1.29, 1.82) is 5.26 Å². The number of anilines is 3. The number of phenols is 1. The van der Waals surface area contributed by atoms with Gasteiger partial charge in [0.1, 0.15) is 12.1 Å². The molecule has 7 heterocycles. The van der Waals surface area contributed by atoms with Crippen LogP contribution in [0.3, 0.4) is 0 Å². The van der Waals surface area contributed by atoms with E-state index in [0.717, 1.165) is 48.7 Å². The van der Waals surface area contributed by atoms with E-state index in [0.29, 0.717) is 67.5 Å². The third kappa shape index (κ3) is 6.27. The zero-order chi connectivity index (χ0) is 38.7. The van der Waals surface area contributed by atoms with Crippen molar-refractivity contribution in [3.63, 3.8) is 0 Å². The number of nitriles is 1. The van der Waals surface area contributed by atoms with Crippen molar-refractivity contribution in [3.05, 3.63) is 82.8 Å². The highest BCUT2D eigenvalue weighted by atomic mass is 19.1. The Bertz CT molecular complexity index is 2330. The molecule has 3 atom stereocenters. The molecule has 9 rings (SSSR count). The summed E-state index contributed by atoms with van der Waals surface area (Å²) in [7, 11) is 0. The first-order valence-corrected chi connectivity index (χ1v) is 18.7. The molecule has 0 saturated carbocycles. The van der Waals surface area contributed by atoms with Gasteiger partial charge in [-0.3, -0.25) is 24.6 Å². The van der Waals surface area contributed by atoms with Gasteiger partial charge in [0.2, 0.25) is 17.7 Å². The predicted octanol–water partition coefficient (Wildman–Crippen LogP) is 3.18. The lowest BCUT2D eigenvalue weighted by Gasteiger charge is -2.41. The van der Waals surface area contributed by atoms with Gasteiger partial charge in [0.25, 0.3) is 5.91 Å². The average Bonchev–Trinajstić information content (AvgIpc) is 3.71. The molecule has 3 saturated heterocycles. The van der Waals surface area contributed by atoms with E-state index in [1.165, 1.54) is 12.1 Å². The fourth-order valence-electron chi connectivity index (χ4n) is 8.64. The molecule has 286 valence electrons. The van der Waals surface area contributed by atoms with Crippen LogP contribution in [0.15, 0.2) is 54.7 Å². The van der Waals surface area contributed by atoms with Gasteiger partial charge in [-0.05, 0) is 49.2 Å². The van der Waals surface area contributed by atoms with Crippen molar-refractivity contribution < 1.29 is 28.6 Å². The topological polar surface area (TPSA) is 180 Å². The lowest BCUT2D eigenvalue weighted by molar-refractivity contribution is -0.136. The Balaban J connectivity index is 0.824. The van der Waals surface area contributed by atoms with E-state index in [4.69, 9.17) is 4.74 Å². The van der Waals surface area contributed by atoms with E-state index in [9.17, 15) is 29.1 Å². The Labute approximate surface area is 321 Å². The van der Waals surface area contributed by atoms with Gasteiger partial charge in [0.05, 0.1) is 35.1 Å². The second-order valence-electron chi connectivity index (χ2n) is 15.3. The molecule has 0 aliphatic carbocycles. The number of hydrogen-bond donors (Lipinski definition) is 3. The third-order valence-corrected chi connectivity index (χ3v) is 11.7. The zero-order valence-electron chi connectivity index (χ0n) is 30.7. The van der Waals surface area contributed by atoms with E-state index < -0.39 is 23.5 Å². The Hall–Kier alpha value is -6.34. The minimum Gasteiger partial charge on any atom is -0.504 e. The number of amides is 3. The van der Waals surface area contributed by atoms with Crippen LogP contribution in [0.2, 0.25) is 0 Å². The largest absolute Gasteiger partial charge is 0.504 e. The zero-order valence-corrected chi connectivity index (χ0v) is 30.7. The summed E-state index contributed by atoms with van der Waals surface area (Å²) in [6.07, 6.45) is 2.70. The van der Waals surface area contributed by atoms with Gasteiger partial charge < -0.3 is 29.9 Å². The predicted molar refractivity (Wildman–Crippen MR) is 201 cm³/mol. The van der Waals surface area contributed by atoms with Crippen LogP contribution >= 0.6 is 0 Å². The van der Waals surface area contributed by atoms with Gasteiger partial charge in [-0.2, -0.15) is 5.26 Å². The van der Waals surface area contributed by atoms with Crippen molar-refractivity contribution in [2.75, 3.05) is 54.4 Å². The number of ether oxygens (including phenoxy) is 1.